The fourth-order valence-electron chi connectivity index (χ4n) is 4.30. The lowest BCUT2D eigenvalue weighted by Gasteiger charge is -2.36. The Morgan fingerprint density at radius 3 is 2.27 bits per heavy atom. The molecule has 10 heteroatoms. The van der Waals surface area contributed by atoms with Gasteiger partial charge in [0.2, 0.25) is 10.0 Å². The molecule has 5 nitrogen and oxygen atoms in total. The molecule has 0 amide bonds. The van der Waals surface area contributed by atoms with Gasteiger partial charge in [0.25, 0.3) is 0 Å². The molecule has 37 heavy (non-hydrogen) atoms. The number of aryl methyl sites for hydroxylation is 1. The van der Waals surface area contributed by atoms with Gasteiger partial charge in [-0.25, -0.2) is 8.42 Å². The van der Waals surface area contributed by atoms with Gasteiger partial charge in [-0.15, -0.1) is 0 Å². The summed E-state index contributed by atoms with van der Waals surface area (Å²) in [6.45, 7) is 4.16. The van der Waals surface area contributed by atoms with Crippen LogP contribution >= 0.6 is 11.6 Å². The zero-order valence-corrected chi connectivity index (χ0v) is 21.9. The molecule has 0 spiro atoms. The first-order chi connectivity index (χ1) is 17.5. The Morgan fingerprint density at radius 2 is 1.62 bits per heavy atom. The minimum absolute atomic E-state index is 0.170. The zero-order chi connectivity index (χ0) is 26.6. The van der Waals surface area contributed by atoms with Crippen LogP contribution in [0.5, 0.6) is 0 Å². The third kappa shape index (κ3) is 7.12. The van der Waals surface area contributed by atoms with E-state index >= 15 is 0 Å². The van der Waals surface area contributed by atoms with Crippen LogP contribution in [-0.4, -0.2) is 50.3 Å². The van der Waals surface area contributed by atoms with Gasteiger partial charge in [0, 0.05) is 37.7 Å². The summed E-state index contributed by atoms with van der Waals surface area (Å²) >= 11 is 6.07. The van der Waals surface area contributed by atoms with E-state index in [0.29, 0.717) is 37.3 Å². The van der Waals surface area contributed by atoms with E-state index in [-0.39, 0.29) is 24.1 Å². The molecule has 3 aromatic carbocycles. The summed E-state index contributed by atoms with van der Waals surface area (Å²) in [5, 5.41) is 0.620. The Morgan fingerprint density at radius 1 is 0.946 bits per heavy atom. The maximum absolute atomic E-state index is 13.1. The van der Waals surface area contributed by atoms with Crippen LogP contribution in [0.15, 0.2) is 77.7 Å². The minimum atomic E-state index is -4.61. The summed E-state index contributed by atoms with van der Waals surface area (Å²) in [6, 6.07) is 19.4. The van der Waals surface area contributed by atoms with Crippen LogP contribution < -0.4 is 0 Å². The lowest BCUT2D eigenvalue weighted by molar-refractivity contribution is -0.137. The molecule has 1 unspecified atom stereocenters. The van der Waals surface area contributed by atoms with E-state index in [1.54, 1.807) is 12.1 Å². The van der Waals surface area contributed by atoms with E-state index in [1.165, 1.54) is 10.4 Å². The van der Waals surface area contributed by atoms with Gasteiger partial charge in [-0.3, -0.25) is 4.90 Å². The van der Waals surface area contributed by atoms with Gasteiger partial charge < -0.3 is 4.74 Å². The van der Waals surface area contributed by atoms with Crippen molar-refractivity contribution >= 4 is 21.6 Å². The number of rotatable bonds is 8. The summed E-state index contributed by atoms with van der Waals surface area (Å²) in [5.74, 6) is 0. The lowest BCUT2D eigenvalue weighted by Crippen LogP contribution is -2.49. The average Bonchev–Trinajstić information content (AvgIpc) is 2.87. The van der Waals surface area contributed by atoms with E-state index in [9.17, 15) is 21.6 Å². The number of hydrogen-bond acceptors (Lipinski definition) is 4. The standard InChI is InChI=1S/C27H28ClF3N2O3S/c1-20-4-2-5-21(16-20)19-36-26(22-8-10-24(28)11-9-22)18-32-12-14-33(15-13-32)37(34,35)25-7-3-6-23(17-25)27(29,30)31/h2-11,16-17,26H,12-15,18-19H2,1H3. The van der Waals surface area contributed by atoms with E-state index in [0.717, 1.165) is 28.8 Å². The van der Waals surface area contributed by atoms with Gasteiger partial charge in [-0.2, -0.15) is 17.5 Å². The molecule has 0 N–H and O–H groups in total. The van der Waals surface area contributed by atoms with Crippen LogP contribution in [0.3, 0.4) is 0 Å². The SMILES string of the molecule is Cc1cccc(COC(CN2CCN(S(=O)(=O)c3cccc(C(F)(F)F)c3)CC2)c2ccc(Cl)cc2)c1. The van der Waals surface area contributed by atoms with Crippen molar-refractivity contribution in [2.75, 3.05) is 32.7 Å². The second-order valence-electron chi connectivity index (χ2n) is 9.07. The van der Waals surface area contributed by atoms with Crippen molar-refractivity contribution in [3.8, 4) is 0 Å². The fraction of sp³-hybridized carbons (Fsp3) is 0.333. The molecule has 0 saturated carbocycles. The Hall–Kier alpha value is -2.43. The van der Waals surface area contributed by atoms with Crippen molar-refractivity contribution in [2.45, 2.75) is 30.7 Å². The first kappa shape index (κ1) is 27.6. The topological polar surface area (TPSA) is 49.9 Å². The normalized spacial score (nSPS) is 16.6. The Labute approximate surface area is 220 Å². The van der Waals surface area contributed by atoms with Crippen LogP contribution in [-0.2, 0) is 27.5 Å². The van der Waals surface area contributed by atoms with E-state index < -0.39 is 21.8 Å². The van der Waals surface area contributed by atoms with Crippen molar-refractivity contribution in [3.05, 3.63) is 100 Å². The minimum Gasteiger partial charge on any atom is -0.368 e. The number of nitrogens with zero attached hydrogens (tertiary/aromatic N) is 2. The van der Waals surface area contributed by atoms with Gasteiger partial charge in [-0.05, 0) is 48.4 Å². The van der Waals surface area contributed by atoms with Gasteiger partial charge in [0.1, 0.15) is 0 Å². The van der Waals surface area contributed by atoms with Crippen molar-refractivity contribution < 1.29 is 26.3 Å². The van der Waals surface area contributed by atoms with Gasteiger partial charge >= 0.3 is 6.18 Å². The van der Waals surface area contributed by atoms with Crippen LogP contribution in [0, 0.1) is 6.92 Å². The lowest BCUT2D eigenvalue weighted by atomic mass is 10.1. The Balaban J connectivity index is 1.43. The molecule has 0 bridgehead atoms. The smallest absolute Gasteiger partial charge is 0.368 e. The summed E-state index contributed by atoms with van der Waals surface area (Å²) in [4.78, 5) is 1.75. The second kappa shape index (κ2) is 11.5. The van der Waals surface area contributed by atoms with Gasteiger partial charge in [-0.1, -0.05) is 59.6 Å². The number of halogens is 4. The van der Waals surface area contributed by atoms with E-state index in [4.69, 9.17) is 16.3 Å². The molecule has 4 rings (SSSR count). The van der Waals surface area contributed by atoms with Crippen molar-refractivity contribution in [1.82, 2.24) is 9.21 Å². The Bertz CT molecular complexity index is 1310. The first-order valence-electron chi connectivity index (χ1n) is 11.8. The average molecular weight is 553 g/mol. The molecule has 1 saturated heterocycles. The largest absolute Gasteiger partial charge is 0.416 e. The predicted octanol–water partition coefficient (Wildman–Crippen LogP) is 5.93. The molecule has 0 aliphatic carbocycles. The number of piperazine rings is 1. The maximum atomic E-state index is 13.1. The van der Waals surface area contributed by atoms with Crippen LogP contribution in [0.2, 0.25) is 5.02 Å². The molecular formula is C27H28ClF3N2O3S. The van der Waals surface area contributed by atoms with Crippen molar-refractivity contribution in [1.29, 1.82) is 0 Å². The maximum Gasteiger partial charge on any atom is 0.416 e. The third-order valence-corrected chi connectivity index (χ3v) is 8.48. The van der Waals surface area contributed by atoms with E-state index in [2.05, 4.69) is 11.0 Å². The zero-order valence-electron chi connectivity index (χ0n) is 20.3. The number of hydrogen-bond donors (Lipinski definition) is 0. The first-order valence-corrected chi connectivity index (χ1v) is 13.7. The molecule has 0 radical (unpaired) electrons. The quantitative estimate of drug-likeness (QED) is 0.347. The molecule has 1 atom stereocenters. The molecule has 1 heterocycles. The van der Waals surface area contributed by atoms with Gasteiger partial charge in [0.15, 0.2) is 0 Å². The molecule has 3 aromatic rings. The molecule has 0 aromatic heterocycles. The second-order valence-corrected chi connectivity index (χ2v) is 11.4. The highest BCUT2D eigenvalue weighted by Crippen LogP contribution is 2.31. The monoisotopic (exact) mass is 552 g/mol. The molecule has 1 aliphatic rings. The summed E-state index contributed by atoms with van der Waals surface area (Å²) in [5.41, 5.74) is 2.16. The highest BCUT2D eigenvalue weighted by Gasteiger charge is 2.34. The fourth-order valence-corrected chi connectivity index (χ4v) is 5.89. The molecule has 1 fully saturated rings. The van der Waals surface area contributed by atoms with E-state index in [1.807, 2.05) is 37.3 Å². The molecule has 1 aliphatic heterocycles. The van der Waals surface area contributed by atoms with Gasteiger partial charge in [0.05, 0.1) is 23.2 Å². The highest BCUT2D eigenvalue weighted by atomic mass is 35.5. The van der Waals surface area contributed by atoms with Crippen molar-refractivity contribution in [3.63, 3.8) is 0 Å². The Kier molecular flexibility index (Phi) is 8.60. The van der Waals surface area contributed by atoms with Crippen molar-refractivity contribution in [2.24, 2.45) is 0 Å². The number of alkyl halides is 3. The number of sulfonamides is 1. The summed E-state index contributed by atoms with van der Waals surface area (Å²) in [6.07, 6.45) is -4.89. The van der Waals surface area contributed by atoms with Crippen LogP contribution in [0.4, 0.5) is 13.2 Å². The summed E-state index contributed by atoms with van der Waals surface area (Å²) in [7, 11) is -4.04. The molecular weight excluding hydrogens is 525 g/mol. The number of benzene rings is 3. The third-order valence-electron chi connectivity index (χ3n) is 6.33. The van der Waals surface area contributed by atoms with Crippen LogP contribution in [0.25, 0.3) is 0 Å². The molecule has 198 valence electrons. The number of ether oxygens (including phenoxy) is 1. The van der Waals surface area contributed by atoms with Crippen LogP contribution in [0.1, 0.15) is 28.4 Å². The highest BCUT2D eigenvalue weighted by molar-refractivity contribution is 7.89. The predicted molar refractivity (Wildman–Crippen MR) is 137 cm³/mol. The summed E-state index contributed by atoms with van der Waals surface area (Å²) < 4.78 is 72.9.